The van der Waals surface area contributed by atoms with E-state index in [-0.39, 0.29) is 38.1 Å². The number of amides is 3. The fourth-order valence-electron chi connectivity index (χ4n) is 6.18. The van der Waals surface area contributed by atoms with Crippen LogP contribution >= 0.6 is 11.3 Å². The number of thiazole rings is 1. The van der Waals surface area contributed by atoms with Crippen LogP contribution in [0.15, 0.2) is 23.8 Å². The molecule has 2 aliphatic heterocycles. The third kappa shape index (κ3) is 6.41. The van der Waals surface area contributed by atoms with Crippen molar-refractivity contribution in [3.8, 4) is 5.75 Å². The van der Waals surface area contributed by atoms with Crippen molar-refractivity contribution < 1.29 is 34.1 Å². The van der Waals surface area contributed by atoms with Gasteiger partial charge in [0.05, 0.1) is 24.9 Å². The number of benzene rings is 1. The molecular formula is C32H42N4O7S. The van der Waals surface area contributed by atoms with Crippen molar-refractivity contribution in [2.45, 2.75) is 90.6 Å². The monoisotopic (exact) mass is 626 g/mol. The molecule has 3 heterocycles. The predicted octanol–water partition coefficient (Wildman–Crippen LogP) is 4.62. The second-order valence-corrected chi connectivity index (χ2v) is 13.8. The summed E-state index contributed by atoms with van der Waals surface area (Å²) in [4.78, 5) is 51.3. The van der Waals surface area contributed by atoms with Crippen molar-refractivity contribution in [1.82, 2.24) is 19.7 Å². The lowest BCUT2D eigenvalue weighted by Gasteiger charge is -2.49. The highest BCUT2D eigenvalue weighted by molar-refractivity contribution is 7.12. The van der Waals surface area contributed by atoms with E-state index in [9.17, 15) is 24.6 Å². The first kappa shape index (κ1) is 31.8. The van der Waals surface area contributed by atoms with Gasteiger partial charge in [-0.1, -0.05) is 12.1 Å². The number of nitrogens with zero attached hydrogens (tertiary/aromatic N) is 4. The number of carbonyl (C=O) groups excluding carboxylic acids is 2. The highest BCUT2D eigenvalue weighted by Crippen LogP contribution is 2.43. The van der Waals surface area contributed by atoms with Gasteiger partial charge in [-0.25, -0.2) is 14.6 Å². The molecule has 1 unspecified atom stereocenters. The Morgan fingerprint density at radius 1 is 1.16 bits per heavy atom. The van der Waals surface area contributed by atoms with Crippen molar-refractivity contribution in [1.29, 1.82) is 0 Å². The van der Waals surface area contributed by atoms with Crippen LogP contribution in [0.25, 0.3) is 5.57 Å². The van der Waals surface area contributed by atoms with Gasteiger partial charge in [-0.3, -0.25) is 9.69 Å². The summed E-state index contributed by atoms with van der Waals surface area (Å²) in [5, 5.41) is 20.7. The molecule has 5 rings (SSSR count). The number of aliphatic hydroxyl groups excluding tert-OH is 1. The lowest BCUT2D eigenvalue weighted by atomic mass is 9.84. The van der Waals surface area contributed by atoms with E-state index < -0.39 is 29.9 Å². The zero-order chi connectivity index (χ0) is 31.9. The minimum absolute atomic E-state index is 0.00711. The third-order valence-electron chi connectivity index (χ3n) is 8.45. The number of ether oxygens (including phenoxy) is 2. The Kier molecular flexibility index (Phi) is 8.95. The fourth-order valence-corrected chi connectivity index (χ4v) is 7.30. The van der Waals surface area contributed by atoms with Crippen LogP contribution in [0.1, 0.15) is 66.7 Å². The van der Waals surface area contributed by atoms with Crippen LogP contribution in [0, 0.1) is 13.8 Å². The smallest absolute Gasteiger partial charge is 0.410 e. The number of aryl methyl sites for hydroxylation is 1. The summed E-state index contributed by atoms with van der Waals surface area (Å²) in [6, 6.07) is 4.31. The molecule has 0 radical (unpaired) electrons. The molecule has 2 bridgehead atoms. The van der Waals surface area contributed by atoms with Crippen LogP contribution in [0.2, 0.25) is 0 Å². The van der Waals surface area contributed by atoms with E-state index >= 15 is 0 Å². The average molecular weight is 627 g/mol. The number of piperazine rings is 1. The Hall–Kier alpha value is -3.64. The Balaban J connectivity index is 1.62. The third-order valence-corrected chi connectivity index (χ3v) is 9.73. The lowest BCUT2D eigenvalue weighted by Crippen LogP contribution is -2.65. The topological polar surface area (TPSA) is 133 Å². The van der Waals surface area contributed by atoms with Gasteiger partial charge in [0.25, 0.3) is 5.91 Å². The van der Waals surface area contributed by atoms with Crippen LogP contribution in [0.4, 0.5) is 9.59 Å². The maximum absolute atomic E-state index is 14.8. The summed E-state index contributed by atoms with van der Waals surface area (Å²) in [7, 11) is 1.62. The minimum Gasteiger partial charge on any atom is -0.496 e. The molecule has 1 aliphatic carbocycles. The van der Waals surface area contributed by atoms with Gasteiger partial charge in [-0.2, -0.15) is 0 Å². The first-order valence-corrected chi connectivity index (χ1v) is 15.9. The van der Waals surface area contributed by atoms with Crippen LogP contribution < -0.4 is 4.74 Å². The van der Waals surface area contributed by atoms with E-state index in [4.69, 9.17) is 14.5 Å². The first-order chi connectivity index (χ1) is 20.8. The fraction of sp³-hybridized carbons (Fsp3) is 0.562. The summed E-state index contributed by atoms with van der Waals surface area (Å²) < 4.78 is 11.2. The maximum atomic E-state index is 14.8. The van der Waals surface area contributed by atoms with E-state index in [1.54, 1.807) is 27.9 Å². The molecular weight excluding hydrogens is 584 g/mol. The number of fused-ring (bicyclic) bond motifs is 2. The van der Waals surface area contributed by atoms with Crippen LogP contribution in [-0.2, 0) is 22.5 Å². The quantitative estimate of drug-likeness (QED) is 0.434. The Labute approximate surface area is 262 Å². The molecule has 2 N–H and O–H groups in total. The predicted molar refractivity (Wildman–Crippen MR) is 166 cm³/mol. The minimum atomic E-state index is -1.13. The van der Waals surface area contributed by atoms with E-state index in [1.807, 2.05) is 36.9 Å². The number of hydrogen-bond acceptors (Lipinski definition) is 8. The molecule has 2 atom stereocenters. The number of carbonyl (C=O) groups is 3. The number of aliphatic hydroxyl groups is 1. The Morgan fingerprint density at radius 2 is 1.89 bits per heavy atom. The molecule has 1 aromatic heterocycles. The van der Waals surface area contributed by atoms with Crippen LogP contribution in [-0.4, -0.2) is 98.5 Å². The normalized spacial score (nSPS) is 20.1. The Morgan fingerprint density at radius 3 is 2.50 bits per heavy atom. The SMILES string of the molecule is COc1cccc(CN(C(=O)C2=C(c3nc(C)c(CCO)s3)CC3CN(C(=O)OC(C)(C)C)C[C@H]2N3C(=O)O)C2CC2)c1C. The van der Waals surface area contributed by atoms with Crippen molar-refractivity contribution in [3.05, 3.63) is 50.5 Å². The van der Waals surface area contributed by atoms with Crippen molar-refractivity contribution in [3.63, 3.8) is 0 Å². The number of methoxy groups -OCH3 is 1. The van der Waals surface area contributed by atoms with Crippen molar-refractivity contribution >= 4 is 35.0 Å². The number of rotatable bonds is 8. The van der Waals surface area contributed by atoms with Gasteiger partial charge >= 0.3 is 12.2 Å². The first-order valence-electron chi connectivity index (χ1n) is 15.1. The summed E-state index contributed by atoms with van der Waals surface area (Å²) >= 11 is 1.43. The largest absolute Gasteiger partial charge is 0.496 e. The van der Waals surface area contributed by atoms with E-state index in [1.165, 1.54) is 21.1 Å². The van der Waals surface area contributed by atoms with E-state index in [0.717, 1.165) is 45.9 Å². The average Bonchev–Trinajstić information content (AvgIpc) is 3.72. The maximum Gasteiger partial charge on any atom is 0.410 e. The Bertz CT molecular complexity index is 1480. The molecule has 238 valence electrons. The van der Waals surface area contributed by atoms with E-state index in [0.29, 0.717) is 23.5 Å². The summed E-state index contributed by atoms with van der Waals surface area (Å²) in [5.74, 6) is 0.486. The zero-order valence-electron chi connectivity index (χ0n) is 26.3. The van der Waals surface area contributed by atoms with Gasteiger partial charge in [0.15, 0.2) is 0 Å². The lowest BCUT2D eigenvalue weighted by molar-refractivity contribution is -0.129. The van der Waals surface area contributed by atoms with Crippen LogP contribution in [0.5, 0.6) is 5.75 Å². The van der Waals surface area contributed by atoms with Crippen molar-refractivity contribution in [2.75, 3.05) is 26.8 Å². The molecule has 2 aromatic rings. The van der Waals surface area contributed by atoms with Gasteiger partial charge in [0.2, 0.25) is 0 Å². The number of carboxylic acid groups (broad SMARTS) is 1. The number of aromatic nitrogens is 1. The molecule has 0 spiro atoms. The van der Waals surface area contributed by atoms with E-state index in [2.05, 4.69) is 0 Å². The highest BCUT2D eigenvalue weighted by Gasteiger charge is 2.50. The molecule has 3 aliphatic rings. The van der Waals surface area contributed by atoms with Gasteiger partial charge in [-0.05, 0) is 71.1 Å². The van der Waals surface area contributed by atoms with Gasteiger partial charge in [0, 0.05) is 54.7 Å². The molecule has 1 aromatic carbocycles. The van der Waals surface area contributed by atoms with Gasteiger partial charge < -0.3 is 29.5 Å². The molecule has 1 saturated heterocycles. The molecule has 1 saturated carbocycles. The molecule has 12 heteroatoms. The molecule has 2 fully saturated rings. The second kappa shape index (κ2) is 12.4. The zero-order valence-corrected chi connectivity index (χ0v) is 27.1. The summed E-state index contributed by atoms with van der Waals surface area (Å²) in [6.45, 7) is 9.66. The molecule has 44 heavy (non-hydrogen) atoms. The summed E-state index contributed by atoms with van der Waals surface area (Å²) in [6.07, 6.45) is 0.720. The van der Waals surface area contributed by atoms with Crippen molar-refractivity contribution in [2.24, 2.45) is 0 Å². The van der Waals surface area contributed by atoms with Gasteiger partial charge in [0.1, 0.15) is 16.4 Å². The highest BCUT2D eigenvalue weighted by atomic mass is 32.1. The van der Waals surface area contributed by atoms with Gasteiger partial charge in [-0.15, -0.1) is 11.3 Å². The summed E-state index contributed by atoms with van der Waals surface area (Å²) in [5.41, 5.74) is 3.02. The molecule has 11 nitrogen and oxygen atoms in total. The number of hydrogen-bond donors (Lipinski definition) is 2. The van der Waals surface area contributed by atoms with Crippen LogP contribution in [0.3, 0.4) is 0 Å². The second-order valence-electron chi connectivity index (χ2n) is 12.8. The molecule has 3 amide bonds. The standard InChI is InChI=1S/C32H42N4O7S/c1-18-20(8-7-9-25(18)42-6)15-35(21-10-11-21)29(38)27-23(28-33-19(2)26(44-28)12-13-37)14-22-16-34(31(41)43-32(3,4)5)17-24(27)36(22)30(39)40/h7-9,21-22,24,37H,10-17H2,1-6H3,(H,39,40)/t22?,24-/m1/s1.